The SMILES string of the molecule is Cc1[nH]c2c(-c3cc(C(F)(F)F)ccc3OCC3CC3)ncnc2c1C(=O)N[C@@H]1CN(C(=O)CO)C[C@@H]1C. The number of alkyl halides is 3. The lowest BCUT2D eigenvalue weighted by Crippen LogP contribution is -2.41. The Kier molecular flexibility index (Phi) is 6.76. The molecule has 2 aliphatic rings. The van der Waals surface area contributed by atoms with Gasteiger partial charge in [-0.25, -0.2) is 9.97 Å². The number of aromatic nitrogens is 3. The van der Waals surface area contributed by atoms with E-state index in [9.17, 15) is 22.8 Å². The molecule has 0 spiro atoms. The Morgan fingerprint density at radius 3 is 2.68 bits per heavy atom. The van der Waals surface area contributed by atoms with Gasteiger partial charge >= 0.3 is 6.18 Å². The van der Waals surface area contributed by atoms with E-state index in [2.05, 4.69) is 20.3 Å². The van der Waals surface area contributed by atoms with Crippen LogP contribution in [0.3, 0.4) is 0 Å². The van der Waals surface area contributed by atoms with Gasteiger partial charge in [-0.1, -0.05) is 6.92 Å². The van der Waals surface area contributed by atoms with E-state index < -0.39 is 30.2 Å². The third-order valence-electron chi connectivity index (χ3n) is 7.15. The number of aryl methyl sites for hydroxylation is 1. The molecule has 0 unspecified atom stereocenters. The van der Waals surface area contributed by atoms with Crippen LogP contribution in [0.25, 0.3) is 22.3 Å². The summed E-state index contributed by atoms with van der Waals surface area (Å²) in [6, 6.07) is 2.96. The molecule has 2 atom stereocenters. The number of benzene rings is 1. The smallest absolute Gasteiger partial charge is 0.416 e. The minimum atomic E-state index is -4.56. The van der Waals surface area contributed by atoms with Gasteiger partial charge in [0.05, 0.1) is 29.3 Å². The van der Waals surface area contributed by atoms with Crippen molar-refractivity contribution >= 4 is 22.8 Å². The number of aromatic amines is 1. The molecular weight excluding hydrogens is 503 g/mol. The zero-order valence-electron chi connectivity index (χ0n) is 20.9. The highest BCUT2D eigenvalue weighted by molar-refractivity contribution is 6.09. The molecule has 1 saturated carbocycles. The number of aliphatic hydroxyl groups excluding tert-OH is 1. The zero-order chi connectivity index (χ0) is 27.2. The number of rotatable bonds is 7. The van der Waals surface area contributed by atoms with Crippen molar-refractivity contribution in [1.82, 2.24) is 25.2 Å². The second-order valence-corrected chi connectivity index (χ2v) is 10.0. The Bertz CT molecular complexity index is 1390. The van der Waals surface area contributed by atoms with Gasteiger partial charge in [0.15, 0.2) is 0 Å². The number of hydrogen-bond donors (Lipinski definition) is 3. The van der Waals surface area contributed by atoms with Crippen molar-refractivity contribution < 1.29 is 32.6 Å². The molecule has 1 aliphatic carbocycles. The molecule has 5 rings (SSSR count). The topological polar surface area (TPSA) is 120 Å². The summed E-state index contributed by atoms with van der Waals surface area (Å²) < 4.78 is 46.6. The van der Waals surface area contributed by atoms with Crippen LogP contribution in [0.5, 0.6) is 5.75 Å². The fraction of sp³-hybridized carbons (Fsp3) is 0.462. The maximum absolute atomic E-state index is 13.6. The molecule has 9 nitrogen and oxygen atoms in total. The predicted octanol–water partition coefficient (Wildman–Crippen LogP) is 3.31. The Labute approximate surface area is 216 Å². The molecule has 38 heavy (non-hydrogen) atoms. The van der Waals surface area contributed by atoms with E-state index in [0.717, 1.165) is 25.0 Å². The van der Waals surface area contributed by atoms with E-state index in [1.54, 1.807) is 6.92 Å². The Morgan fingerprint density at radius 2 is 2.00 bits per heavy atom. The van der Waals surface area contributed by atoms with E-state index in [-0.39, 0.29) is 46.6 Å². The number of ether oxygens (including phenoxy) is 1. The van der Waals surface area contributed by atoms with Gasteiger partial charge in [-0.3, -0.25) is 9.59 Å². The Morgan fingerprint density at radius 1 is 1.24 bits per heavy atom. The van der Waals surface area contributed by atoms with Crippen LogP contribution in [-0.4, -0.2) is 69.1 Å². The highest BCUT2D eigenvalue weighted by Crippen LogP contribution is 2.40. The summed E-state index contributed by atoms with van der Waals surface area (Å²) in [5.74, 6) is -0.212. The number of hydrogen-bond acceptors (Lipinski definition) is 6. The summed E-state index contributed by atoms with van der Waals surface area (Å²) in [5, 5.41) is 12.1. The van der Waals surface area contributed by atoms with E-state index in [4.69, 9.17) is 9.84 Å². The standard InChI is InChI=1S/C26H28F3N5O4/c1-13-8-34(20(36)10-35)9-18(13)33-25(37)21-14(2)32-24-22(30-12-31-23(21)24)17-7-16(26(27,28)29)5-6-19(17)38-11-15-3-4-15/h5-7,12-13,15,18,32,35H,3-4,8-11H2,1-2H3,(H,33,37)/t13-,18+/m0/s1. The van der Waals surface area contributed by atoms with Crippen molar-refractivity contribution in [3.8, 4) is 17.0 Å². The molecule has 1 saturated heterocycles. The highest BCUT2D eigenvalue weighted by Gasteiger charge is 2.35. The lowest BCUT2D eigenvalue weighted by atomic mass is 10.0. The number of nitrogens with zero attached hydrogens (tertiary/aromatic N) is 3. The quantitative estimate of drug-likeness (QED) is 0.430. The monoisotopic (exact) mass is 531 g/mol. The van der Waals surface area contributed by atoms with Gasteiger partial charge in [0.2, 0.25) is 5.91 Å². The van der Waals surface area contributed by atoms with Gasteiger partial charge in [-0.2, -0.15) is 13.2 Å². The summed E-state index contributed by atoms with van der Waals surface area (Å²) in [7, 11) is 0. The first-order chi connectivity index (χ1) is 18.1. The van der Waals surface area contributed by atoms with E-state index in [1.165, 1.54) is 17.3 Å². The van der Waals surface area contributed by atoms with Crippen LogP contribution in [0, 0.1) is 18.8 Å². The van der Waals surface area contributed by atoms with Crippen LogP contribution in [0.1, 0.15) is 41.4 Å². The maximum Gasteiger partial charge on any atom is 0.416 e. The van der Waals surface area contributed by atoms with Crippen LogP contribution in [0.2, 0.25) is 0 Å². The summed E-state index contributed by atoms with van der Waals surface area (Å²) in [6.07, 6.45) is -1.30. The Balaban J connectivity index is 1.50. The van der Waals surface area contributed by atoms with Crippen LogP contribution in [-0.2, 0) is 11.0 Å². The number of H-pyrrole nitrogens is 1. The van der Waals surface area contributed by atoms with Crippen molar-refractivity contribution in [2.45, 2.75) is 38.9 Å². The van der Waals surface area contributed by atoms with Gasteiger partial charge in [0.25, 0.3) is 5.91 Å². The van der Waals surface area contributed by atoms with Gasteiger partial charge in [-0.15, -0.1) is 0 Å². The van der Waals surface area contributed by atoms with Crippen molar-refractivity contribution in [3.05, 3.63) is 41.3 Å². The molecule has 0 bridgehead atoms. The lowest BCUT2D eigenvalue weighted by Gasteiger charge is -2.17. The first-order valence-corrected chi connectivity index (χ1v) is 12.4. The van der Waals surface area contributed by atoms with Gasteiger partial charge in [-0.05, 0) is 49.8 Å². The first kappa shape index (κ1) is 26.0. The van der Waals surface area contributed by atoms with E-state index >= 15 is 0 Å². The second kappa shape index (κ2) is 9.90. The average Bonchev–Trinajstić information content (AvgIpc) is 3.55. The summed E-state index contributed by atoms with van der Waals surface area (Å²) >= 11 is 0. The molecule has 3 N–H and O–H groups in total. The van der Waals surface area contributed by atoms with Crippen LogP contribution in [0.15, 0.2) is 24.5 Å². The molecule has 3 heterocycles. The largest absolute Gasteiger partial charge is 0.493 e. The number of halogens is 3. The molecule has 12 heteroatoms. The minimum absolute atomic E-state index is 0.0403. The number of aliphatic hydroxyl groups is 1. The number of carbonyl (C=O) groups excluding carboxylic acids is 2. The van der Waals surface area contributed by atoms with Gasteiger partial charge in [0, 0.05) is 24.3 Å². The third kappa shape index (κ3) is 5.04. The summed E-state index contributed by atoms with van der Waals surface area (Å²) in [5.41, 5.74) is 0.825. The number of nitrogens with one attached hydrogen (secondary N) is 2. The van der Waals surface area contributed by atoms with Crippen LogP contribution < -0.4 is 10.1 Å². The summed E-state index contributed by atoms with van der Waals surface area (Å²) in [4.78, 5) is 38.4. The zero-order valence-corrected chi connectivity index (χ0v) is 20.9. The first-order valence-electron chi connectivity index (χ1n) is 12.4. The lowest BCUT2D eigenvalue weighted by molar-refractivity contribution is -0.137. The fourth-order valence-electron chi connectivity index (χ4n) is 4.81. The molecule has 202 valence electrons. The molecule has 1 aromatic carbocycles. The third-order valence-corrected chi connectivity index (χ3v) is 7.15. The van der Waals surface area contributed by atoms with Crippen molar-refractivity contribution in [2.24, 2.45) is 11.8 Å². The fourth-order valence-corrected chi connectivity index (χ4v) is 4.81. The van der Waals surface area contributed by atoms with Gasteiger partial charge < -0.3 is 25.0 Å². The molecule has 1 aliphatic heterocycles. The van der Waals surface area contributed by atoms with Crippen LogP contribution in [0.4, 0.5) is 13.2 Å². The van der Waals surface area contributed by atoms with Crippen molar-refractivity contribution in [2.75, 3.05) is 26.3 Å². The van der Waals surface area contributed by atoms with Crippen molar-refractivity contribution in [3.63, 3.8) is 0 Å². The average molecular weight is 532 g/mol. The van der Waals surface area contributed by atoms with Crippen LogP contribution >= 0.6 is 0 Å². The molecule has 3 aromatic rings. The molecule has 0 radical (unpaired) electrons. The molecule has 2 fully saturated rings. The number of carbonyl (C=O) groups is 2. The second-order valence-electron chi connectivity index (χ2n) is 10.0. The number of likely N-dealkylation sites (tertiary alicyclic amines) is 1. The highest BCUT2D eigenvalue weighted by atomic mass is 19.4. The Hall–Kier alpha value is -3.67. The maximum atomic E-state index is 13.6. The summed E-state index contributed by atoms with van der Waals surface area (Å²) in [6.45, 7) is 4.05. The molecular formula is C26H28F3N5O4. The number of amides is 2. The number of fused-ring (bicyclic) bond motifs is 1. The van der Waals surface area contributed by atoms with E-state index in [0.29, 0.717) is 30.3 Å². The van der Waals surface area contributed by atoms with Crippen molar-refractivity contribution in [1.29, 1.82) is 0 Å². The minimum Gasteiger partial charge on any atom is -0.493 e. The van der Waals surface area contributed by atoms with Gasteiger partial charge in [0.1, 0.15) is 29.9 Å². The predicted molar refractivity (Wildman–Crippen MR) is 131 cm³/mol. The van der Waals surface area contributed by atoms with E-state index in [1.807, 2.05) is 6.92 Å². The normalized spacial score (nSPS) is 19.7. The molecule has 2 amide bonds. The molecule has 2 aromatic heterocycles.